The summed E-state index contributed by atoms with van der Waals surface area (Å²) in [5.41, 5.74) is 3.26. The van der Waals surface area contributed by atoms with Crippen molar-refractivity contribution in [3.05, 3.63) is 47.8 Å². The molecule has 0 unspecified atom stereocenters. The molecule has 1 amide bonds. The lowest BCUT2D eigenvalue weighted by Crippen LogP contribution is -2.23. The van der Waals surface area contributed by atoms with Crippen LogP contribution in [-0.4, -0.2) is 21.6 Å². The van der Waals surface area contributed by atoms with Crippen molar-refractivity contribution in [1.29, 1.82) is 0 Å². The Hall–Kier alpha value is -1.81. The number of alkyl halides is 1. The second-order valence-corrected chi connectivity index (χ2v) is 5.30. The number of amides is 1. The fourth-order valence-corrected chi connectivity index (χ4v) is 2.19. The maximum absolute atomic E-state index is 11.1. The van der Waals surface area contributed by atoms with E-state index in [1.807, 2.05) is 35.1 Å². The van der Waals surface area contributed by atoms with Crippen molar-refractivity contribution in [2.75, 3.05) is 5.88 Å². The smallest absolute Gasteiger partial charge is 0.235 e. The molecule has 0 bridgehead atoms. The first-order chi connectivity index (χ1) is 9.76. The van der Waals surface area contributed by atoms with Crippen LogP contribution < -0.4 is 5.32 Å². The van der Waals surface area contributed by atoms with Crippen LogP contribution in [0.5, 0.6) is 0 Å². The third-order valence-corrected chi connectivity index (χ3v) is 3.66. The Morgan fingerprint density at radius 1 is 1.30 bits per heavy atom. The molecule has 2 aromatic rings. The van der Waals surface area contributed by atoms with Gasteiger partial charge in [-0.2, -0.15) is 5.10 Å². The summed E-state index contributed by atoms with van der Waals surface area (Å²) in [6.07, 6.45) is 4.52. The van der Waals surface area contributed by atoms with Gasteiger partial charge in [-0.3, -0.25) is 4.79 Å². The molecule has 0 saturated heterocycles. The first-order valence-electron chi connectivity index (χ1n) is 6.74. The summed E-state index contributed by atoms with van der Waals surface area (Å²) in [5.74, 6) is 0.508. The van der Waals surface area contributed by atoms with E-state index in [-0.39, 0.29) is 11.8 Å². The number of carbonyl (C=O) groups is 1. The summed E-state index contributed by atoms with van der Waals surface area (Å²) in [7, 11) is 0. The van der Waals surface area contributed by atoms with E-state index in [1.165, 1.54) is 18.5 Å². The summed E-state index contributed by atoms with van der Waals surface area (Å²) >= 11 is 5.43. The molecule has 0 atom stereocenters. The molecule has 4 nitrogen and oxygen atoms in total. The van der Waals surface area contributed by atoms with Crippen LogP contribution in [0, 0.1) is 0 Å². The van der Waals surface area contributed by atoms with Crippen LogP contribution in [0.4, 0.5) is 0 Å². The summed E-state index contributed by atoms with van der Waals surface area (Å²) < 4.78 is 1.90. The number of benzene rings is 1. The van der Waals surface area contributed by atoms with Crippen molar-refractivity contribution in [1.82, 2.24) is 15.1 Å². The molecule has 0 aliphatic heterocycles. The Labute approximate surface area is 122 Å². The van der Waals surface area contributed by atoms with Crippen molar-refractivity contribution in [3.63, 3.8) is 0 Å². The number of aromatic nitrogens is 2. The molecule has 1 heterocycles. The minimum Gasteiger partial charge on any atom is -0.351 e. The Kier molecular flexibility index (Phi) is 3.74. The Morgan fingerprint density at radius 3 is 2.70 bits per heavy atom. The number of carbonyl (C=O) groups excluding carboxylic acids is 1. The maximum atomic E-state index is 11.1. The normalized spacial score (nSPS) is 14.2. The largest absolute Gasteiger partial charge is 0.351 e. The van der Waals surface area contributed by atoms with Gasteiger partial charge in [0.2, 0.25) is 5.91 Å². The minimum atomic E-state index is -0.156. The average Bonchev–Trinajstić information content (AvgIpc) is 3.23. The predicted octanol–water partition coefficient (Wildman–Crippen LogP) is 2.60. The van der Waals surface area contributed by atoms with Gasteiger partial charge in [0.1, 0.15) is 5.88 Å². The quantitative estimate of drug-likeness (QED) is 0.860. The van der Waals surface area contributed by atoms with E-state index in [1.54, 1.807) is 0 Å². The monoisotopic (exact) mass is 289 g/mol. The van der Waals surface area contributed by atoms with E-state index < -0.39 is 0 Å². The standard InChI is InChI=1S/C15H16ClN3O/c16-9-15(20)17-10-11-1-5-13(6-2-11)19-8-7-14(18-19)12-3-4-12/h1-2,5-8,12H,3-4,9-10H2,(H,17,20). The summed E-state index contributed by atoms with van der Waals surface area (Å²) in [4.78, 5) is 11.1. The molecular weight excluding hydrogens is 274 g/mol. The van der Waals surface area contributed by atoms with Crippen molar-refractivity contribution in [2.45, 2.75) is 25.3 Å². The first-order valence-corrected chi connectivity index (χ1v) is 7.27. The van der Waals surface area contributed by atoms with Gasteiger partial charge in [-0.25, -0.2) is 4.68 Å². The van der Waals surface area contributed by atoms with Crippen LogP contribution in [-0.2, 0) is 11.3 Å². The third-order valence-electron chi connectivity index (χ3n) is 3.42. The topological polar surface area (TPSA) is 46.9 Å². The highest BCUT2D eigenvalue weighted by atomic mass is 35.5. The zero-order chi connectivity index (χ0) is 13.9. The highest BCUT2D eigenvalue weighted by Gasteiger charge is 2.25. The van der Waals surface area contributed by atoms with Crippen molar-refractivity contribution >= 4 is 17.5 Å². The highest BCUT2D eigenvalue weighted by molar-refractivity contribution is 6.27. The van der Waals surface area contributed by atoms with Crippen LogP contribution in [0.25, 0.3) is 5.69 Å². The fraction of sp³-hybridized carbons (Fsp3) is 0.333. The molecule has 104 valence electrons. The number of hydrogen-bond donors (Lipinski definition) is 1. The molecule has 1 N–H and O–H groups in total. The van der Waals surface area contributed by atoms with Gasteiger partial charge in [0.25, 0.3) is 0 Å². The second-order valence-electron chi connectivity index (χ2n) is 5.04. The lowest BCUT2D eigenvalue weighted by atomic mass is 10.2. The SMILES string of the molecule is O=C(CCl)NCc1ccc(-n2ccc(C3CC3)n2)cc1. The maximum Gasteiger partial charge on any atom is 0.235 e. The van der Waals surface area contributed by atoms with Crippen LogP contribution in [0.1, 0.15) is 30.0 Å². The molecule has 0 radical (unpaired) electrons. The van der Waals surface area contributed by atoms with Gasteiger partial charge in [0, 0.05) is 18.7 Å². The Morgan fingerprint density at radius 2 is 2.05 bits per heavy atom. The van der Waals surface area contributed by atoms with E-state index in [0.29, 0.717) is 12.5 Å². The predicted molar refractivity (Wildman–Crippen MR) is 78.1 cm³/mol. The van der Waals surface area contributed by atoms with Crippen LogP contribution in [0.2, 0.25) is 0 Å². The Balaban J connectivity index is 1.66. The van der Waals surface area contributed by atoms with Crippen molar-refractivity contribution in [3.8, 4) is 5.69 Å². The summed E-state index contributed by atoms with van der Waals surface area (Å²) in [6.45, 7) is 0.498. The lowest BCUT2D eigenvalue weighted by Gasteiger charge is -2.05. The lowest BCUT2D eigenvalue weighted by molar-refractivity contribution is -0.118. The molecule has 1 aliphatic carbocycles. The third kappa shape index (κ3) is 3.02. The van der Waals surface area contributed by atoms with E-state index >= 15 is 0 Å². The summed E-state index contributed by atoms with van der Waals surface area (Å²) in [6, 6.07) is 10.1. The number of nitrogens with one attached hydrogen (secondary N) is 1. The van der Waals surface area contributed by atoms with Gasteiger partial charge < -0.3 is 5.32 Å². The summed E-state index contributed by atoms with van der Waals surface area (Å²) in [5, 5.41) is 7.33. The molecule has 1 aromatic heterocycles. The molecule has 5 heteroatoms. The van der Waals surface area contributed by atoms with E-state index in [9.17, 15) is 4.79 Å². The van der Waals surface area contributed by atoms with Crippen LogP contribution in [0.15, 0.2) is 36.5 Å². The van der Waals surface area contributed by atoms with Gasteiger partial charge in [0.05, 0.1) is 11.4 Å². The first kappa shape index (κ1) is 13.2. The highest BCUT2D eigenvalue weighted by Crippen LogP contribution is 2.38. The minimum absolute atomic E-state index is 0.00465. The zero-order valence-corrected chi connectivity index (χ0v) is 11.8. The van der Waals surface area contributed by atoms with E-state index in [2.05, 4.69) is 16.5 Å². The average molecular weight is 290 g/mol. The molecule has 1 fully saturated rings. The van der Waals surface area contributed by atoms with Crippen LogP contribution in [0.3, 0.4) is 0 Å². The van der Waals surface area contributed by atoms with Gasteiger partial charge in [-0.1, -0.05) is 12.1 Å². The molecule has 1 saturated carbocycles. The number of hydrogen-bond acceptors (Lipinski definition) is 2. The molecule has 3 rings (SSSR count). The molecule has 20 heavy (non-hydrogen) atoms. The number of nitrogens with zero attached hydrogens (tertiary/aromatic N) is 2. The Bertz CT molecular complexity index is 602. The molecule has 1 aromatic carbocycles. The zero-order valence-electron chi connectivity index (χ0n) is 11.1. The fourth-order valence-electron chi connectivity index (χ4n) is 2.09. The van der Waals surface area contributed by atoms with E-state index in [0.717, 1.165) is 11.3 Å². The van der Waals surface area contributed by atoms with E-state index in [4.69, 9.17) is 11.6 Å². The molecular formula is C15H16ClN3O. The van der Waals surface area contributed by atoms with Crippen LogP contribution >= 0.6 is 11.6 Å². The molecule has 0 spiro atoms. The number of rotatable bonds is 5. The van der Waals surface area contributed by atoms with Gasteiger partial charge in [0.15, 0.2) is 0 Å². The second kappa shape index (κ2) is 5.67. The van der Waals surface area contributed by atoms with Crippen molar-refractivity contribution < 1.29 is 4.79 Å². The van der Waals surface area contributed by atoms with Gasteiger partial charge >= 0.3 is 0 Å². The van der Waals surface area contributed by atoms with Gasteiger partial charge in [-0.15, -0.1) is 11.6 Å². The number of halogens is 1. The van der Waals surface area contributed by atoms with Crippen molar-refractivity contribution in [2.24, 2.45) is 0 Å². The van der Waals surface area contributed by atoms with Gasteiger partial charge in [-0.05, 0) is 36.6 Å². The molecule has 1 aliphatic rings.